The zero-order valence-electron chi connectivity index (χ0n) is 11.0. The van der Waals surface area contributed by atoms with Crippen LogP contribution in [-0.2, 0) is 10.0 Å². The highest BCUT2D eigenvalue weighted by molar-refractivity contribution is 7.89. The fourth-order valence-electron chi connectivity index (χ4n) is 2.75. The second-order valence-electron chi connectivity index (χ2n) is 5.11. The summed E-state index contributed by atoms with van der Waals surface area (Å²) in [4.78, 5) is 0. The van der Waals surface area contributed by atoms with Gasteiger partial charge in [-0.2, -0.15) is 5.26 Å². The maximum Gasteiger partial charge on any atom is 0.225 e. The third-order valence-electron chi connectivity index (χ3n) is 3.64. The van der Waals surface area contributed by atoms with Crippen molar-refractivity contribution in [2.24, 2.45) is 5.92 Å². The van der Waals surface area contributed by atoms with E-state index in [0.717, 1.165) is 31.2 Å². The number of nitriles is 1. The predicted octanol–water partition coefficient (Wildman–Crippen LogP) is 3.01. The topological polar surface area (TPSA) is 70.0 Å². The summed E-state index contributed by atoms with van der Waals surface area (Å²) in [5.41, 5.74) is 0.867. The van der Waals surface area contributed by atoms with Crippen molar-refractivity contribution in [2.75, 3.05) is 5.75 Å². The van der Waals surface area contributed by atoms with E-state index in [2.05, 4.69) is 4.72 Å². The summed E-state index contributed by atoms with van der Waals surface area (Å²) >= 11 is 6.00. The molecule has 0 unspecified atom stereocenters. The Kier molecular flexibility index (Phi) is 5.03. The van der Waals surface area contributed by atoms with E-state index in [4.69, 9.17) is 16.9 Å². The molecule has 1 fully saturated rings. The standard InChI is InChI=1S/C14H17ClN2O2S/c15-13-7-3-6-12(10-13)14(11-4-1-2-5-11)17-20(18,19)9-8-16/h3,6-7,10-11,14,17H,1-2,4-5,9H2/t14-/m1/s1. The van der Waals surface area contributed by atoms with E-state index in [0.29, 0.717) is 5.02 Å². The van der Waals surface area contributed by atoms with Crippen molar-refractivity contribution in [3.05, 3.63) is 34.9 Å². The van der Waals surface area contributed by atoms with Crippen LogP contribution in [0.3, 0.4) is 0 Å². The molecule has 4 nitrogen and oxygen atoms in total. The number of benzene rings is 1. The summed E-state index contributed by atoms with van der Waals surface area (Å²) in [5, 5.41) is 9.19. The van der Waals surface area contributed by atoms with Gasteiger partial charge in [0.15, 0.2) is 5.75 Å². The molecule has 1 N–H and O–H groups in total. The molecule has 1 atom stereocenters. The van der Waals surface area contributed by atoms with E-state index in [9.17, 15) is 8.42 Å². The molecule has 0 amide bonds. The highest BCUT2D eigenvalue weighted by Gasteiger charge is 2.29. The lowest BCUT2D eigenvalue weighted by Gasteiger charge is -2.24. The van der Waals surface area contributed by atoms with Crippen LogP contribution in [0.15, 0.2) is 24.3 Å². The second-order valence-corrected chi connectivity index (χ2v) is 7.30. The number of sulfonamides is 1. The van der Waals surface area contributed by atoms with Crippen LogP contribution in [0.4, 0.5) is 0 Å². The summed E-state index contributed by atoms with van der Waals surface area (Å²) in [6.45, 7) is 0. The molecule has 1 aliphatic rings. The first kappa shape index (κ1) is 15.3. The molecule has 1 aromatic carbocycles. The lowest BCUT2D eigenvalue weighted by molar-refractivity contribution is 0.411. The quantitative estimate of drug-likeness (QED) is 0.908. The number of rotatable bonds is 5. The number of halogens is 1. The average Bonchev–Trinajstić information content (AvgIpc) is 2.89. The summed E-state index contributed by atoms with van der Waals surface area (Å²) in [7, 11) is -3.58. The van der Waals surface area contributed by atoms with Crippen LogP contribution in [0, 0.1) is 17.2 Å². The molecule has 0 radical (unpaired) electrons. The lowest BCUT2D eigenvalue weighted by atomic mass is 9.92. The molecule has 108 valence electrons. The third-order valence-corrected chi connectivity index (χ3v) is 5.00. The molecule has 0 spiro atoms. The Morgan fingerprint density at radius 3 is 2.70 bits per heavy atom. The van der Waals surface area contributed by atoms with Gasteiger partial charge in [-0.05, 0) is 36.5 Å². The van der Waals surface area contributed by atoms with E-state index in [1.54, 1.807) is 18.2 Å². The van der Waals surface area contributed by atoms with Crippen molar-refractivity contribution in [1.82, 2.24) is 4.72 Å². The first-order valence-corrected chi connectivity index (χ1v) is 8.67. The predicted molar refractivity (Wildman–Crippen MR) is 78.7 cm³/mol. The molecular formula is C14H17ClN2O2S. The van der Waals surface area contributed by atoms with Gasteiger partial charge in [0.2, 0.25) is 10.0 Å². The molecule has 6 heteroatoms. The lowest BCUT2D eigenvalue weighted by Crippen LogP contribution is -2.34. The van der Waals surface area contributed by atoms with Gasteiger partial charge in [0.25, 0.3) is 0 Å². The van der Waals surface area contributed by atoms with Crippen LogP contribution < -0.4 is 4.72 Å². The second kappa shape index (κ2) is 6.57. The fraction of sp³-hybridized carbons (Fsp3) is 0.500. The summed E-state index contributed by atoms with van der Waals surface area (Å²) in [6.07, 6.45) is 4.21. The highest BCUT2D eigenvalue weighted by atomic mass is 35.5. The van der Waals surface area contributed by atoms with Crippen molar-refractivity contribution in [3.63, 3.8) is 0 Å². The maximum absolute atomic E-state index is 11.9. The van der Waals surface area contributed by atoms with Crippen LogP contribution in [0.1, 0.15) is 37.3 Å². The monoisotopic (exact) mass is 312 g/mol. The normalized spacial score (nSPS) is 17.8. The minimum Gasteiger partial charge on any atom is -0.211 e. The summed E-state index contributed by atoms with van der Waals surface area (Å²) in [6, 6.07) is 8.65. The number of nitrogens with zero attached hydrogens (tertiary/aromatic N) is 1. The van der Waals surface area contributed by atoms with Crippen molar-refractivity contribution >= 4 is 21.6 Å². The van der Waals surface area contributed by atoms with Crippen LogP contribution >= 0.6 is 11.6 Å². The zero-order valence-corrected chi connectivity index (χ0v) is 12.6. The Morgan fingerprint density at radius 1 is 1.40 bits per heavy atom. The van der Waals surface area contributed by atoms with E-state index < -0.39 is 15.8 Å². The zero-order chi connectivity index (χ0) is 14.6. The number of nitrogens with one attached hydrogen (secondary N) is 1. The SMILES string of the molecule is N#CCS(=O)(=O)N[C@@H](c1cccc(Cl)c1)C1CCCC1. The van der Waals surface area contributed by atoms with Crippen molar-refractivity contribution in [3.8, 4) is 6.07 Å². The van der Waals surface area contributed by atoms with Gasteiger partial charge in [0.05, 0.1) is 6.07 Å². The van der Waals surface area contributed by atoms with E-state index >= 15 is 0 Å². The largest absolute Gasteiger partial charge is 0.225 e. The van der Waals surface area contributed by atoms with Crippen LogP contribution in [-0.4, -0.2) is 14.2 Å². The Hall–Kier alpha value is -1.09. The summed E-state index contributed by atoms with van der Waals surface area (Å²) in [5.74, 6) is -0.251. The van der Waals surface area contributed by atoms with Gasteiger partial charge >= 0.3 is 0 Å². The molecule has 1 saturated carbocycles. The Bertz CT molecular complexity index is 604. The first-order chi connectivity index (χ1) is 9.52. The molecule has 0 bridgehead atoms. The third kappa shape index (κ3) is 3.95. The Labute approximate surface area is 124 Å². The maximum atomic E-state index is 11.9. The van der Waals surface area contributed by atoms with Gasteiger partial charge in [-0.1, -0.05) is 36.6 Å². The average molecular weight is 313 g/mol. The summed E-state index contributed by atoms with van der Waals surface area (Å²) < 4.78 is 26.4. The molecule has 0 heterocycles. The molecule has 20 heavy (non-hydrogen) atoms. The Balaban J connectivity index is 2.28. The van der Waals surface area contributed by atoms with Gasteiger partial charge in [-0.25, -0.2) is 13.1 Å². The molecular weight excluding hydrogens is 296 g/mol. The molecule has 0 saturated heterocycles. The smallest absolute Gasteiger partial charge is 0.211 e. The van der Waals surface area contributed by atoms with Crippen LogP contribution in [0.2, 0.25) is 5.02 Å². The minimum atomic E-state index is -3.58. The first-order valence-electron chi connectivity index (χ1n) is 6.64. The molecule has 2 rings (SSSR count). The van der Waals surface area contributed by atoms with Crippen molar-refractivity contribution < 1.29 is 8.42 Å². The van der Waals surface area contributed by atoms with Gasteiger partial charge in [-0.3, -0.25) is 0 Å². The fourth-order valence-corrected chi connectivity index (χ4v) is 3.91. The van der Waals surface area contributed by atoms with Crippen LogP contribution in [0.25, 0.3) is 0 Å². The van der Waals surface area contributed by atoms with Crippen molar-refractivity contribution in [1.29, 1.82) is 5.26 Å². The van der Waals surface area contributed by atoms with Gasteiger partial charge in [0, 0.05) is 11.1 Å². The van der Waals surface area contributed by atoms with Crippen LogP contribution in [0.5, 0.6) is 0 Å². The number of hydrogen-bond donors (Lipinski definition) is 1. The molecule has 1 aliphatic carbocycles. The van der Waals surface area contributed by atoms with E-state index in [1.165, 1.54) is 0 Å². The highest BCUT2D eigenvalue weighted by Crippen LogP contribution is 2.36. The van der Waals surface area contributed by atoms with E-state index in [1.807, 2.05) is 12.1 Å². The number of hydrogen-bond acceptors (Lipinski definition) is 3. The van der Waals surface area contributed by atoms with E-state index in [-0.39, 0.29) is 12.0 Å². The van der Waals surface area contributed by atoms with Gasteiger partial charge in [0.1, 0.15) is 0 Å². The minimum absolute atomic E-state index is 0.266. The Morgan fingerprint density at radius 2 is 2.10 bits per heavy atom. The molecule has 0 aliphatic heterocycles. The van der Waals surface area contributed by atoms with Crippen molar-refractivity contribution in [2.45, 2.75) is 31.7 Å². The molecule has 0 aromatic heterocycles. The molecule has 1 aromatic rings. The van der Waals surface area contributed by atoms with Gasteiger partial charge in [-0.15, -0.1) is 0 Å². The van der Waals surface area contributed by atoms with Gasteiger partial charge < -0.3 is 0 Å².